The van der Waals surface area contributed by atoms with E-state index in [-0.39, 0.29) is 44.9 Å². The van der Waals surface area contributed by atoms with Gasteiger partial charge in [-0.15, -0.1) is 0 Å². The second-order valence-corrected chi connectivity index (χ2v) is 24.1. The number of nitrogens with zero attached hydrogens (tertiary/aromatic N) is 2. The first-order valence-electron chi connectivity index (χ1n) is 33.4. The van der Waals surface area contributed by atoms with Crippen molar-refractivity contribution in [3.63, 3.8) is 0 Å². The van der Waals surface area contributed by atoms with E-state index in [1.165, 1.54) is 0 Å². The molecule has 0 atom stereocenters. The molecule has 11 aromatic carbocycles. The molecule has 1 aromatic heterocycles. The molecule has 0 saturated heterocycles. The summed E-state index contributed by atoms with van der Waals surface area (Å²) in [5.41, 5.74) is 13.8. The smallest absolute Gasteiger partial charge is 0.247 e. The predicted octanol–water partition coefficient (Wildman–Crippen LogP) is 17.8. The van der Waals surface area contributed by atoms with E-state index in [0.29, 0.717) is 16.9 Å². The first kappa shape index (κ1) is 35.8. The quantitative estimate of drug-likeness (QED) is 0.159. The summed E-state index contributed by atoms with van der Waals surface area (Å²) in [5.74, 6) is 0. The minimum Gasteiger partial charge on any atom is -0.310 e. The van der Waals surface area contributed by atoms with E-state index in [2.05, 4.69) is 150 Å². The van der Waals surface area contributed by atoms with Crippen LogP contribution in [-0.4, -0.2) is 11.3 Å². The Bertz CT molecular complexity index is 5010. The number of fused-ring (bicyclic) bond motifs is 13. The lowest BCUT2D eigenvalue weighted by atomic mass is 9.29. The van der Waals surface area contributed by atoms with Crippen LogP contribution in [0.2, 0.25) is 0 Å². The van der Waals surface area contributed by atoms with Crippen LogP contribution in [0.15, 0.2) is 258 Å². The van der Waals surface area contributed by atoms with Crippen LogP contribution in [0.5, 0.6) is 0 Å². The maximum absolute atomic E-state index is 9.69. The van der Waals surface area contributed by atoms with Crippen molar-refractivity contribution in [2.45, 2.75) is 67.6 Å². The minimum absolute atomic E-state index is 0.0109. The van der Waals surface area contributed by atoms with Crippen molar-refractivity contribution in [2.75, 3.05) is 4.90 Å². The van der Waals surface area contributed by atoms with Crippen molar-refractivity contribution < 1.29 is 17.8 Å². The highest BCUT2D eigenvalue weighted by Gasteiger charge is 2.55. The van der Waals surface area contributed by atoms with Gasteiger partial charge in [-0.25, -0.2) is 0 Å². The fourth-order valence-corrected chi connectivity index (χ4v) is 14.1. The third-order valence-electron chi connectivity index (χ3n) is 16.5. The molecule has 4 heterocycles. The third-order valence-corrected chi connectivity index (χ3v) is 17.7. The number of benzene rings is 11. The highest BCUT2D eigenvalue weighted by Crippen LogP contribution is 2.59. The molecule has 0 unspecified atom stereocenters. The Kier molecular flexibility index (Phi) is 8.03. The van der Waals surface area contributed by atoms with Gasteiger partial charge in [-0.1, -0.05) is 253 Å². The van der Waals surface area contributed by atoms with E-state index in [1.807, 2.05) is 66.7 Å². The maximum atomic E-state index is 9.69. The number of hydrogen-bond donors (Lipinski definition) is 0. The van der Waals surface area contributed by atoms with E-state index >= 15 is 0 Å². The zero-order valence-corrected chi connectivity index (χ0v) is 45.4. The standard InChI is InChI=1S/C75H59BN2S/c1-73(2,3)52-43-57(49-26-12-8-13-27-49)72(58(44-52)50-28-14-9-15-29-50)78-67-47-54(77-65-34-20-16-30-55(65)56-31-17-21-35-66(56)77)39-41-63(67)76-64-42-51(48-24-10-7-11-25-48)38-40-59(64)75(62-45-53(74(4,5)6)46-68(78)71(62)76)60-32-18-22-36-69(60)79-70-37-23-19-33-61(70)75/h7-47H,1-6H3/i7D,10D,11D,16D,17D,20D,21D,24D,25D,30D,31D,34D,35D. The van der Waals surface area contributed by atoms with Gasteiger partial charge in [-0.3, -0.25) is 0 Å². The molecule has 4 heteroatoms. The van der Waals surface area contributed by atoms with E-state index in [4.69, 9.17) is 9.60 Å². The van der Waals surface area contributed by atoms with Crippen molar-refractivity contribution in [3.05, 3.63) is 282 Å². The summed E-state index contributed by atoms with van der Waals surface area (Å²) >= 11 is 1.72. The van der Waals surface area contributed by atoms with Crippen LogP contribution in [0.25, 0.3) is 60.9 Å². The molecule has 0 aliphatic carbocycles. The van der Waals surface area contributed by atoms with Gasteiger partial charge in [0.15, 0.2) is 0 Å². The van der Waals surface area contributed by atoms with Crippen molar-refractivity contribution in [1.29, 1.82) is 0 Å². The zero-order chi connectivity index (χ0) is 64.7. The summed E-state index contributed by atoms with van der Waals surface area (Å²) in [6.45, 7) is 12.7. The Morgan fingerprint density at radius 1 is 0.430 bits per heavy atom. The molecule has 1 spiro atoms. The SMILES string of the molecule is [2H]c1c([2H])c([2H])c(-c2ccc3c(c2)B2c4ccc(-n5c6c([2H])c([2H])c([2H])c([2H])c6c6c([2H])c([2H])c([2H])c([2H])c65)cc4N(c4c(-c5ccccc5)cc(C(C)(C)C)cc4-c4ccccc4)c4cc(C(C)(C)C)cc(c42)C32c3ccccc3Sc3ccccc32)c([2H])c1[2H]. The average molecular weight is 1040 g/mol. The van der Waals surface area contributed by atoms with Crippen LogP contribution < -0.4 is 21.3 Å². The molecular formula is C75H59BN2S. The minimum atomic E-state index is -1.03. The van der Waals surface area contributed by atoms with E-state index in [0.717, 1.165) is 93.2 Å². The van der Waals surface area contributed by atoms with Crippen LogP contribution in [-0.2, 0) is 16.2 Å². The van der Waals surface area contributed by atoms with Crippen LogP contribution in [0.4, 0.5) is 17.1 Å². The van der Waals surface area contributed by atoms with Gasteiger partial charge >= 0.3 is 0 Å². The van der Waals surface area contributed by atoms with Gasteiger partial charge in [0.2, 0.25) is 6.71 Å². The van der Waals surface area contributed by atoms with Crippen LogP contribution in [0.3, 0.4) is 0 Å². The molecule has 3 aliphatic heterocycles. The summed E-state index contributed by atoms with van der Waals surface area (Å²) in [6, 6.07) is 53.2. The summed E-state index contributed by atoms with van der Waals surface area (Å²) in [4.78, 5) is 4.50. The Balaban J connectivity index is 1.19. The number of aromatic nitrogens is 1. The summed E-state index contributed by atoms with van der Waals surface area (Å²) in [5, 5.41) is -0.0726. The Labute approximate surface area is 487 Å². The van der Waals surface area contributed by atoms with Gasteiger partial charge in [-0.05, 0) is 132 Å². The van der Waals surface area contributed by atoms with Crippen molar-refractivity contribution in [1.82, 2.24) is 4.57 Å². The van der Waals surface area contributed by atoms with Gasteiger partial charge in [0.1, 0.15) is 0 Å². The second-order valence-electron chi connectivity index (χ2n) is 23.0. The number of para-hydroxylation sites is 2. The predicted molar refractivity (Wildman–Crippen MR) is 336 cm³/mol. The first-order valence-corrected chi connectivity index (χ1v) is 27.7. The molecule has 0 bridgehead atoms. The monoisotopic (exact) mass is 1040 g/mol. The molecule has 0 radical (unpaired) electrons. The summed E-state index contributed by atoms with van der Waals surface area (Å²) in [6.07, 6.45) is 0. The van der Waals surface area contributed by atoms with Crippen molar-refractivity contribution >= 4 is 73.7 Å². The highest BCUT2D eigenvalue weighted by atomic mass is 32.2. The number of rotatable bonds is 5. The largest absolute Gasteiger partial charge is 0.310 e. The van der Waals surface area contributed by atoms with Gasteiger partial charge in [0.05, 0.1) is 40.0 Å². The van der Waals surface area contributed by atoms with E-state index in [9.17, 15) is 8.22 Å². The average Bonchev–Trinajstić information content (AvgIpc) is 0.875. The fourth-order valence-electron chi connectivity index (χ4n) is 12.9. The Morgan fingerprint density at radius 3 is 1.57 bits per heavy atom. The molecular weight excluding hydrogens is 972 g/mol. The molecule has 2 nitrogen and oxygen atoms in total. The third kappa shape index (κ3) is 7.20. The lowest BCUT2D eigenvalue weighted by Crippen LogP contribution is -2.65. The van der Waals surface area contributed by atoms with Crippen molar-refractivity contribution in [3.8, 4) is 39.1 Å². The van der Waals surface area contributed by atoms with Crippen molar-refractivity contribution in [2.24, 2.45) is 0 Å². The molecule has 0 N–H and O–H groups in total. The lowest BCUT2D eigenvalue weighted by Gasteiger charge is -2.51. The molecule has 0 amide bonds. The van der Waals surface area contributed by atoms with Gasteiger partial charge < -0.3 is 9.47 Å². The van der Waals surface area contributed by atoms with Crippen LogP contribution in [0.1, 0.15) is 92.7 Å². The normalized spacial score (nSPS) is 16.3. The van der Waals surface area contributed by atoms with E-state index < -0.39 is 84.0 Å². The molecule has 15 rings (SSSR count). The summed E-state index contributed by atoms with van der Waals surface area (Å²) in [7, 11) is 0. The number of hydrogen-bond acceptors (Lipinski definition) is 2. The van der Waals surface area contributed by atoms with E-state index in [1.54, 1.807) is 16.3 Å². The van der Waals surface area contributed by atoms with Gasteiger partial charge in [0.25, 0.3) is 0 Å². The zero-order valence-electron chi connectivity index (χ0n) is 57.5. The lowest BCUT2D eigenvalue weighted by molar-refractivity contribution is 0.586. The molecule has 79 heavy (non-hydrogen) atoms. The van der Waals surface area contributed by atoms with Gasteiger partial charge in [0, 0.05) is 48.8 Å². The van der Waals surface area contributed by atoms with Crippen LogP contribution in [0, 0.1) is 0 Å². The molecule has 378 valence electrons. The molecule has 0 fully saturated rings. The Morgan fingerprint density at radius 2 is 0.975 bits per heavy atom. The molecule has 12 aromatic rings. The molecule has 0 saturated carbocycles. The van der Waals surface area contributed by atoms with Crippen LogP contribution >= 0.6 is 11.8 Å². The Hall–Kier alpha value is -8.57. The maximum Gasteiger partial charge on any atom is 0.247 e. The topological polar surface area (TPSA) is 8.17 Å². The molecule has 3 aliphatic rings. The summed E-state index contributed by atoms with van der Waals surface area (Å²) < 4.78 is 121. The fraction of sp³-hybridized carbons (Fsp3) is 0.120. The van der Waals surface area contributed by atoms with Gasteiger partial charge in [-0.2, -0.15) is 0 Å². The second kappa shape index (κ2) is 17.7. The first-order chi connectivity index (χ1) is 43.9. The number of anilines is 3. The highest BCUT2D eigenvalue weighted by molar-refractivity contribution is 7.99.